The summed E-state index contributed by atoms with van der Waals surface area (Å²) in [5, 5.41) is 1.83. The largest absolute Gasteiger partial charge is 0.333 e. The van der Waals surface area contributed by atoms with E-state index >= 15 is 0 Å². The summed E-state index contributed by atoms with van der Waals surface area (Å²) in [7, 11) is 0. The van der Waals surface area contributed by atoms with E-state index in [4.69, 9.17) is 9.22 Å². The quantitative estimate of drug-likeness (QED) is 0.244. The van der Waals surface area contributed by atoms with Gasteiger partial charge in [0.15, 0.2) is 0 Å². The van der Waals surface area contributed by atoms with Gasteiger partial charge < -0.3 is 4.89 Å². The minimum Gasteiger partial charge on any atom is -0.333 e. The van der Waals surface area contributed by atoms with Gasteiger partial charge in [-0.05, 0) is 23.3 Å². The highest BCUT2D eigenvalue weighted by atomic mass is 32.2. The van der Waals surface area contributed by atoms with Crippen LogP contribution in [0.2, 0.25) is 0 Å². The van der Waals surface area contributed by atoms with Crippen LogP contribution in [0.15, 0.2) is 72.3 Å². The van der Waals surface area contributed by atoms with Gasteiger partial charge in [0.05, 0.1) is 12.0 Å². The molecule has 0 unspecified atom stereocenters. The van der Waals surface area contributed by atoms with Crippen LogP contribution in [0.4, 0.5) is 0 Å². The summed E-state index contributed by atoms with van der Waals surface area (Å²) in [6.07, 6.45) is 5.30. The maximum Gasteiger partial charge on any atom is 0.131 e. The van der Waals surface area contributed by atoms with Crippen molar-refractivity contribution in [2.45, 2.75) is 0 Å². The lowest BCUT2D eigenvalue weighted by molar-refractivity contribution is -0.127. The summed E-state index contributed by atoms with van der Waals surface area (Å²) >= 11 is 1.13. The predicted octanol–water partition coefficient (Wildman–Crippen LogP) is 4.92. The van der Waals surface area contributed by atoms with Crippen LogP contribution in [-0.2, 0) is 9.22 Å². The Hall–Kier alpha value is -1.97. The molecule has 2 rings (SSSR count). The first-order valence-electron chi connectivity index (χ1n) is 5.87. The minimum atomic E-state index is 1.07. The van der Waals surface area contributed by atoms with Gasteiger partial charge in [0.2, 0.25) is 0 Å². The van der Waals surface area contributed by atoms with E-state index in [2.05, 4.69) is 0 Å². The van der Waals surface area contributed by atoms with Crippen molar-refractivity contribution < 1.29 is 9.22 Å². The van der Waals surface area contributed by atoms with E-state index in [0.717, 1.165) is 23.2 Å². The van der Waals surface area contributed by atoms with Gasteiger partial charge in [-0.1, -0.05) is 60.7 Å². The van der Waals surface area contributed by atoms with Gasteiger partial charge in [-0.25, -0.2) is 0 Å². The van der Waals surface area contributed by atoms with Gasteiger partial charge in [0, 0.05) is 5.41 Å². The first kappa shape index (κ1) is 13.5. The summed E-state index contributed by atoms with van der Waals surface area (Å²) in [4.78, 5) is 4.91. The summed E-state index contributed by atoms with van der Waals surface area (Å²) < 4.78 is 4.92. The molecule has 0 spiro atoms. The molecule has 0 saturated carbocycles. The van der Waals surface area contributed by atoms with E-state index in [1.54, 1.807) is 0 Å². The van der Waals surface area contributed by atoms with Crippen molar-refractivity contribution in [1.29, 1.82) is 0 Å². The fourth-order valence-electron chi connectivity index (χ4n) is 1.41. The second kappa shape index (κ2) is 8.19. The van der Waals surface area contributed by atoms with Crippen LogP contribution in [0.3, 0.4) is 0 Å². The first-order valence-corrected chi connectivity index (χ1v) is 6.67. The van der Waals surface area contributed by atoms with Crippen molar-refractivity contribution >= 4 is 24.2 Å². The highest BCUT2D eigenvalue weighted by molar-refractivity contribution is 7.97. The van der Waals surface area contributed by atoms with Crippen molar-refractivity contribution in [3.63, 3.8) is 0 Å². The van der Waals surface area contributed by atoms with Gasteiger partial charge in [-0.3, -0.25) is 0 Å². The summed E-state index contributed by atoms with van der Waals surface area (Å²) in [5.41, 5.74) is 2.19. The zero-order chi connectivity index (χ0) is 13.2. The van der Waals surface area contributed by atoms with Crippen molar-refractivity contribution in [3.05, 3.63) is 83.5 Å². The average Bonchev–Trinajstić information content (AvgIpc) is 2.48. The number of rotatable bonds is 6. The highest BCUT2D eigenvalue weighted by Gasteiger charge is 1.85. The molecule has 0 radical (unpaired) electrons. The van der Waals surface area contributed by atoms with Crippen LogP contribution < -0.4 is 0 Å². The SMILES string of the molecule is C(=C/c1ccccc1)/OOS/C=C\c1ccccc1. The fourth-order valence-corrected chi connectivity index (χ4v) is 1.76. The third kappa shape index (κ3) is 5.46. The van der Waals surface area contributed by atoms with E-state index in [1.165, 1.54) is 6.26 Å². The van der Waals surface area contributed by atoms with E-state index < -0.39 is 0 Å². The van der Waals surface area contributed by atoms with E-state index in [1.807, 2.05) is 78.2 Å². The van der Waals surface area contributed by atoms with Crippen LogP contribution in [0.5, 0.6) is 0 Å². The molecule has 0 saturated heterocycles. The van der Waals surface area contributed by atoms with Crippen LogP contribution in [-0.4, -0.2) is 0 Å². The number of hydrogen-bond donors (Lipinski definition) is 0. The molecule has 0 aromatic heterocycles. The molecule has 3 heteroatoms. The Morgan fingerprint density at radius 2 is 1.32 bits per heavy atom. The van der Waals surface area contributed by atoms with E-state index in [9.17, 15) is 0 Å². The molecule has 2 aromatic rings. The maximum absolute atomic E-state index is 4.92. The normalized spacial score (nSPS) is 11.2. The summed E-state index contributed by atoms with van der Waals surface area (Å²) in [5.74, 6) is 0. The third-order valence-corrected chi connectivity index (χ3v) is 2.71. The molecule has 0 aliphatic carbocycles. The smallest absolute Gasteiger partial charge is 0.131 e. The third-order valence-electron chi connectivity index (χ3n) is 2.31. The van der Waals surface area contributed by atoms with Crippen molar-refractivity contribution in [2.24, 2.45) is 0 Å². The van der Waals surface area contributed by atoms with Crippen LogP contribution in [0, 0.1) is 0 Å². The molecule has 0 atom stereocenters. The Morgan fingerprint density at radius 3 is 1.95 bits per heavy atom. The Labute approximate surface area is 117 Å². The Kier molecular flexibility index (Phi) is 5.80. The maximum atomic E-state index is 4.92. The molecule has 0 heterocycles. The summed E-state index contributed by atoms with van der Waals surface area (Å²) in [6.45, 7) is 0. The van der Waals surface area contributed by atoms with E-state index in [-0.39, 0.29) is 0 Å². The lowest BCUT2D eigenvalue weighted by Gasteiger charge is -1.95. The van der Waals surface area contributed by atoms with Crippen molar-refractivity contribution in [3.8, 4) is 0 Å². The minimum absolute atomic E-state index is 1.07. The zero-order valence-corrected chi connectivity index (χ0v) is 11.1. The molecule has 2 aromatic carbocycles. The molecule has 0 aliphatic rings. The van der Waals surface area contributed by atoms with Crippen molar-refractivity contribution in [2.75, 3.05) is 0 Å². The lowest BCUT2D eigenvalue weighted by atomic mass is 10.2. The number of benzene rings is 2. The molecule has 0 fully saturated rings. The molecule has 96 valence electrons. The Morgan fingerprint density at radius 1 is 0.737 bits per heavy atom. The lowest BCUT2D eigenvalue weighted by Crippen LogP contribution is -1.75. The number of hydrogen-bond acceptors (Lipinski definition) is 3. The topological polar surface area (TPSA) is 18.5 Å². The molecular formula is C16H14O2S. The standard InChI is InChI=1S/C16H14O2S/c1-3-7-15(8-4-1)11-13-17-18-19-14-12-16-9-5-2-6-10-16/h1-14H/b13-11-,14-12-. The Balaban J connectivity index is 1.65. The van der Waals surface area contributed by atoms with Crippen LogP contribution in [0.1, 0.15) is 11.1 Å². The van der Waals surface area contributed by atoms with Crippen LogP contribution >= 0.6 is 12.0 Å². The first-order chi connectivity index (χ1) is 9.45. The summed E-state index contributed by atoms with van der Waals surface area (Å²) in [6, 6.07) is 19.9. The monoisotopic (exact) mass is 270 g/mol. The molecule has 0 aliphatic heterocycles. The second-order valence-electron chi connectivity index (χ2n) is 3.69. The van der Waals surface area contributed by atoms with Gasteiger partial charge in [-0.2, -0.15) is 0 Å². The van der Waals surface area contributed by atoms with Gasteiger partial charge in [-0.15, -0.1) is 4.33 Å². The highest BCUT2D eigenvalue weighted by Crippen LogP contribution is 2.10. The van der Waals surface area contributed by atoms with Crippen molar-refractivity contribution in [1.82, 2.24) is 0 Å². The van der Waals surface area contributed by atoms with Gasteiger partial charge in [0.25, 0.3) is 0 Å². The predicted molar refractivity (Wildman–Crippen MR) is 80.7 cm³/mol. The fraction of sp³-hybridized carbons (Fsp3) is 0. The molecule has 0 bridgehead atoms. The molecular weight excluding hydrogens is 256 g/mol. The molecule has 19 heavy (non-hydrogen) atoms. The molecule has 0 amide bonds. The van der Waals surface area contributed by atoms with E-state index in [0.29, 0.717) is 0 Å². The van der Waals surface area contributed by atoms with Crippen LogP contribution in [0.25, 0.3) is 12.2 Å². The molecule has 2 nitrogen and oxygen atoms in total. The molecule has 0 N–H and O–H groups in total. The van der Waals surface area contributed by atoms with Gasteiger partial charge >= 0.3 is 0 Å². The Bertz CT molecular complexity index is 471. The zero-order valence-electron chi connectivity index (χ0n) is 10.3. The average molecular weight is 270 g/mol. The second-order valence-corrected chi connectivity index (χ2v) is 4.29. The van der Waals surface area contributed by atoms with Gasteiger partial charge in [0.1, 0.15) is 6.26 Å².